The van der Waals surface area contributed by atoms with E-state index in [1.54, 1.807) is 0 Å². The van der Waals surface area contributed by atoms with Crippen molar-refractivity contribution in [1.29, 1.82) is 0 Å². The first kappa shape index (κ1) is 13.9. The van der Waals surface area contributed by atoms with Gasteiger partial charge in [-0.3, -0.25) is 4.79 Å². The normalized spacial score (nSPS) is 24.8. The molecule has 2 rings (SSSR count). The van der Waals surface area contributed by atoms with Gasteiger partial charge in [-0.25, -0.2) is 0 Å². The van der Waals surface area contributed by atoms with Crippen molar-refractivity contribution in [2.45, 2.75) is 82.7 Å². The van der Waals surface area contributed by atoms with E-state index in [-0.39, 0.29) is 5.91 Å². The van der Waals surface area contributed by atoms with Crippen molar-refractivity contribution in [3.05, 3.63) is 0 Å². The Balaban J connectivity index is 2.03. The minimum atomic E-state index is -0.550. The maximum atomic E-state index is 12.8. The van der Waals surface area contributed by atoms with Crippen LogP contribution in [0, 0.1) is 0 Å². The fourth-order valence-electron chi connectivity index (χ4n) is 3.64. The van der Waals surface area contributed by atoms with Crippen molar-refractivity contribution in [3.8, 4) is 0 Å². The lowest BCUT2D eigenvalue weighted by molar-refractivity contribution is -0.141. The van der Waals surface area contributed by atoms with Crippen LogP contribution >= 0.6 is 0 Å². The molecule has 3 nitrogen and oxygen atoms in total. The van der Waals surface area contributed by atoms with Crippen molar-refractivity contribution in [2.24, 2.45) is 5.73 Å². The molecule has 0 aromatic heterocycles. The number of nitrogens with zero attached hydrogens (tertiary/aromatic N) is 1. The third-order valence-corrected chi connectivity index (χ3v) is 4.79. The fraction of sp³-hybridized carbons (Fsp3) is 0.933. The predicted molar refractivity (Wildman–Crippen MR) is 74.3 cm³/mol. The van der Waals surface area contributed by atoms with Crippen LogP contribution in [0.3, 0.4) is 0 Å². The molecule has 2 N–H and O–H groups in total. The highest BCUT2D eigenvalue weighted by Gasteiger charge is 2.40. The Kier molecular flexibility index (Phi) is 4.66. The summed E-state index contributed by atoms with van der Waals surface area (Å²) in [5.74, 6) is 0.233. The molecule has 0 aliphatic heterocycles. The number of carbonyl (C=O) groups excluding carboxylic acids is 1. The van der Waals surface area contributed by atoms with Gasteiger partial charge in [0, 0.05) is 12.6 Å². The largest absolute Gasteiger partial charge is 0.338 e. The summed E-state index contributed by atoms with van der Waals surface area (Å²) in [6.45, 7) is 2.92. The summed E-state index contributed by atoms with van der Waals surface area (Å²) in [6, 6.07) is 0.457. The van der Waals surface area contributed by atoms with E-state index in [2.05, 4.69) is 11.8 Å². The lowest BCUT2D eigenvalue weighted by Gasteiger charge is -2.41. The smallest absolute Gasteiger partial charge is 0.242 e. The number of rotatable bonds is 3. The molecule has 1 amide bonds. The van der Waals surface area contributed by atoms with Gasteiger partial charge in [0.25, 0.3) is 0 Å². The molecule has 2 fully saturated rings. The van der Waals surface area contributed by atoms with Gasteiger partial charge in [0.2, 0.25) is 5.91 Å². The second kappa shape index (κ2) is 6.05. The van der Waals surface area contributed by atoms with E-state index in [1.165, 1.54) is 38.5 Å². The Morgan fingerprint density at radius 2 is 1.67 bits per heavy atom. The Morgan fingerprint density at radius 3 is 2.22 bits per heavy atom. The standard InChI is InChI=1S/C15H28N2O/c1-2-17(13-9-5-3-6-10-13)14(18)15(16)11-7-4-8-12-15/h13H,2-12,16H2,1H3. The Bertz CT molecular complexity index is 278. The number of hydrogen-bond donors (Lipinski definition) is 1. The van der Waals surface area contributed by atoms with Crippen molar-refractivity contribution >= 4 is 5.91 Å². The maximum absolute atomic E-state index is 12.8. The van der Waals surface area contributed by atoms with Crippen molar-refractivity contribution < 1.29 is 4.79 Å². The van der Waals surface area contributed by atoms with Crippen LogP contribution in [0.4, 0.5) is 0 Å². The van der Waals surface area contributed by atoms with E-state index in [9.17, 15) is 4.79 Å². The van der Waals surface area contributed by atoms with Crippen LogP contribution in [0.15, 0.2) is 0 Å². The van der Waals surface area contributed by atoms with Gasteiger partial charge < -0.3 is 10.6 Å². The minimum absolute atomic E-state index is 0.233. The van der Waals surface area contributed by atoms with Gasteiger partial charge >= 0.3 is 0 Å². The Morgan fingerprint density at radius 1 is 1.11 bits per heavy atom. The zero-order chi connectivity index (χ0) is 13.0. The fourth-order valence-corrected chi connectivity index (χ4v) is 3.64. The molecular weight excluding hydrogens is 224 g/mol. The molecule has 2 saturated carbocycles. The molecule has 0 atom stereocenters. The molecule has 0 spiro atoms. The first-order valence-electron chi connectivity index (χ1n) is 7.77. The van der Waals surface area contributed by atoms with Gasteiger partial charge in [-0.2, -0.15) is 0 Å². The number of likely N-dealkylation sites (N-methyl/N-ethyl adjacent to an activating group) is 1. The highest BCUT2D eigenvalue weighted by Crippen LogP contribution is 2.30. The number of hydrogen-bond acceptors (Lipinski definition) is 2. The zero-order valence-electron chi connectivity index (χ0n) is 11.8. The highest BCUT2D eigenvalue weighted by molar-refractivity contribution is 5.86. The number of carbonyl (C=O) groups is 1. The third kappa shape index (κ3) is 2.87. The molecular formula is C15H28N2O. The summed E-state index contributed by atoms with van der Waals surface area (Å²) in [6.07, 6.45) is 11.5. The molecule has 0 saturated heterocycles. The van der Waals surface area contributed by atoms with Crippen LogP contribution in [0.1, 0.15) is 71.1 Å². The first-order valence-corrected chi connectivity index (χ1v) is 7.77. The molecule has 2 aliphatic rings. The average Bonchev–Trinajstić information content (AvgIpc) is 2.41. The highest BCUT2D eigenvalue weighted by atomic mass is 16.2. The van der Waals surface area contributed by atoms with E-state index in [1.807, 2.05) is 0 Å². The Labute approximate surface area is 111 Å². The molecule has 0 aromatic carbocycles. The molecule has 0 aromatic rings. The third-order valence-electron chi connectivity index (χ3n) is 4.79. The van der Waals surface area contributed by atoms with Crippen molar-refractivity contribution in [1.82, 2.24) is 4.90 Å². The first-order chi connectivity index (χ1) is 8.67. The second-order valence-corrected chi connectivity index (χ2v) is 6.10. The quantitative estimate of drug-likeness (QED) is 0.839. The van der Waals surface area contributed by atoms with Crippen molar-refractivity contribution in [3.63, 3.8) is 0 Å². The van der Waals surface area contributed by atoms with Gasteiger partial charge in [0.05, 0.1) is 5.54 Å². The van der Waals surface area contributed by atoms with Crippen LogP contribution in [0.5, 0.6) is 0 Å². The molecule has 3 heteroatoms. The SMILES string of the molecule is CCN(C(=O)C1(N)CCCCC1)C1CCCCC1. The van der Waals surface area contributed by atoms with Gasteiger partial charge in [0.15, 0.2) is 0 Å². The van der Waals surface area contributed by atoms with E-state index in [0.717, 1.165) is 32.2 Å². The number of nitrogens with two attached hydrogens (primary N) is 1. The minimum Gasteiger partial charge on any atom is -0.338 e. The van der Waals surface area contributed by atoms with Crippen LogP contribution in [-0.2, 0) is 4.79 Å². The monoisotopic (exact) mass is 252 g/mol. The van der Waals surface area contributed by atoms with Gasteiger partial charge in [0.1, 0.15) is 0 Å². The molecule has 0 radical (unpaired) electrons. The molecule has 18 heavy (non-hydrogen) atoms. The Hall–Kier alpha value is -0.570. The summed E-state index contributed by atoms with van der Waals surface area (Å²) in [5, 5.41) is 0. The molecule has 2 aliphatic carbocycles. The number of amides is 1. The molecule has 0 unspecified atom stereocenters. The molecule has 0 heterocycles. The van der Waals surface area contributed by atoms with Crippen LogP contribution in [-0.4, -0.2) is 28.9 Å². The topological polar surface area (TPSA) is 46.3 Å². The van der Waals surface area contributed by atoms with Gasteiger partial charge in [-0.05, 0) is 32.6 Å². The predicted octanol–water partition coefficient (Wildman–Crippen LogP) is 2.83. The summed E-state index contributed by atoms with van der Waals surface area (Å²) in [4.78, 5) is 14.8. The molecule has 0 bridgehead atoms. The zero-order valence-corrected chi connectivity index (χ0v) is 11.8. The van der Waals surface area contributed by atoms with Crippen LogP contribution < -0.4 is 5.73 Å². The van der Waals surface area contributed by atoms with E-state index in [0.29, 0.717) is 6.04 Å². The van der Waals surface area contributed by atoms with E-state index in [4.69, 9.17) is 5.73 Å². The van der Waals surface area contributed by atoms with Crippen LogP contribution in [0.2, 0.25) is 0 Å². The summed E-state index contributed by atoms with van der Waals surface area (Å²) >= 11 is 0. The lowest BCUT2D eigenvalue weighted by atomic mass is 9.80. The van der Waals surface area contributed by atoms with E-state index < -0.39 is 5.54 Å². The summed E-state index contributed by atoms with van der Waals surface area (Å²) in [5.41, 5.74) is 5.84. The lowest BCUT2D eigenvalue weighted by Crippen LogP contribution is -2.58. The van der Waals surface area contributed by atoms with Crippen molar-refractivity contribution in [2.75, 3.05) is 6.54 Å². The maximum Gasteiger partial charge on any atom is 0.242 e. The molecule has 104 valence electrons. The van der Waals surface area contributed by atoms with E-state index >= 15 is 0 Å². The van der Waals surface area contributed by atoms with Gasteiger partial charge in [-0.15, -0.1) is 0 Å². The van der Waals surface area contributed by atoms with Crippen LogP contribution in [0.25, 0.3) is 0 Å². The second-order valence-electron chi connectivity index (χ2n) is 6.10. The summed E-state index contributed by atoms with van der Waals surface area (Å²) < 4.78 is 0. The van der Waals surface area contributed by atoms with Gasteiger partial charge in [-0.1, -0.05) is 38.5 Å². The summed E-state index contributed by atoms with van der Waals surface area (Å²) in [7, 11) is 0. The average molecular weight is 252 g/mol.